The van der Waals surface area contributed by atoms with Crippen LogP contribution in [0.2, 0.25) is 0 Å². The van der Waals surface area contributed by atoms with Gasteiger partial charge in [0.25, 0.3) is 0 Å². The van der Waals surface area contributed by atoms with Crippen LogP contribution in [0.15, 0.2) is 27.5 Å². The van der Waals surface area contributed by atoms with Crippen molar-refractivity contribution in [3.63, 3.8) is 0 Å². The molecule has 0 fully saturated rings. The van der Waals surface area contributed by atoms with Crippen molar-refractivity contribution in [1.29, 1.82) is 0 Å². The monoisotopic (exact) mass is 237 g/mol. The van der Waals surface area contributed by atoms with Gasteiger partial charge in [-0.05, 0) is 12.1 Å². The van der Waals surface area contributed by atoms with E-state index in [0.29, 0.717) is 30.9 Å². The van der Waals surface area contributed by atoms with Gasteiger partial charge in [-0.3, -0.25) is 4.57 Å². The fourth-order valence-electron chi connectivity index (χ4n) is 1.59. The van der Waals surface area contributed by atoms with Gasteiger partial charge < -0.3 is 14.5 Å². The molecular weight excluding hydrogens is 222 g/mol. The summed E-state index contributed by atoms with van der Waals surface area (Å²) >= 11 is 0. The summed E-state index contributed by atoms with van der Waals surface area (Å²) in [6, 6.07) is 3.48. The van der Waals surface area contributed by atoms with E-state index < -0.39 is 0 Å². The summed E-state index contributed by atoms with van der Waals surface area (Å²) in [5, 5.41) is 3.16. The first kappa shape index (κ1) is 11.8. The maximum atomic E-state index is 11.6. The van der Waals surface area contributed by atoms with Crippen LogP contribution in [0, 0.1) is 0 Å². The predicted molar refractivity (Wildman–Crippen MR) is 63.0 cm³/mol. The second kappa shape index (κ2) is 5.60. The van der Waals surface area contributed by atoms with E-state index in [4.69, 9.17) is 9.15 Å². The minimum atomic E-state index is -0.368. The molecule has 6 nitrogen and oxygen atoms in total. The van der Waals surface area contributed by atoms with Crippen LogP contribution < -0.4 is 11.1 Å². The zero-order chi connectivity index (χ0) is 12.1. The Kier molecular flexibility index (Phi) is 3.89. The van der Waals surface area contributed by atoms with Crippen molar-refractivity contribution in [3.8, 4) is 0 Å². The van der Waals surface area contributed by atoms with E-state index in [1.807, 2.05) is 0 Å². The third-order valence-corrected chi connectivity index (χ3v) is 2.42. The number of fused-ring (bicyclic) bond motifs is 1. The zero-order valence-corrected chi connectivity index (χ0v) is 9.68. The smallest absolute Gasteiger partial charge is 0.406 e. The first-order valence-corrected chi connectivity index (χ1v) is 5.47. The van der Waals surface area contributed by atoms with E-state index >= 15 is 0 Å². The first-order valence-electron chi connectivity index (χ1n) is 5.47. The third kappa shape index (κ3) is 2.72. The van der Waals surface area contributed by atoms with Gasteiger partial charge in [0.1, 0.15) is 0 Å². The third-order valence-electron chi connectivity index (χ3n) is 2.42. The van der Waals surface area contributed by atoms with Gasteiger partial charge in [-0.15, -0.1) is 0 Å². The molecule has 2 aromatic heterocycles. The number of nitrogens with one attached hydrogen (secondary N) is 1. The average molecular weight is 237 g/mol. The van der Waals surface area contributed by atoms with Crippen LogP contribution in [0.5, 0.6) is 0 Å². The average Bonchev–Trinajstić information content (AvgIpc) is 2.65. The van der Waals surface area contributed by atoms with Gasteiger partial charge in [-0.25, -0.2) is 9.78 Å². The van der Waals surface area contributed by atoms with Crippen molar-refractivity contribution >= 4 is 11.2 Å². The lowest BCUT2D eigenvalue weighted by molar-refractivity contribution is 0.199. The number of ether oxygens (including phenoxy) is 1. The minimum absolute atomic E-state index is 0.368. The van der Waals surface area contributed by atoms with Crippen LogP contribution in [0.3, 0.4) is 0 Å². The molecule has 0 unspecified atom stereocenters. The first-order chi connectivity index (χ1) is 8.33. The number of methoxy groups -OCH3 is 1. The Morgan fingerprint density at radius 3 is 3.24 bits per heavy atom. The Balaban J connectivity index is 2.03. The van der Waals surface area contributed by atoms with Crippen LogP contribution in [-0.2, 0) is 11.3 Å². The fourth-order valence-corrected chi connectivity index (χ4v) is 1.59. The fraction of sp³-hybridized carbons (Fsp3) is 0.455. The summed E-state index contributed by atoms with van der Waals surface area (Å²) in [6.07, 6.45) is 1.64. The van der Waals surface area contributed by atoms with Gasteiger partial charge in [0.15, 0.2) is 11.2 Å². The highest BCUT2D eigenvalue weighted by molar-refractivity contribution is 5.67. The van der Waals surface area contributed by atoms with E-state index in [1.165, 1.54) is 4.57 Å². The SMILES string of the molecule is COCCNCCn1c(=O)oc2cccnc21. The Hall–Kier alpha value is -1.66. The van der Waals surface area contributed by atoms with Crippen molar-refractivity contribution in [2.45, 2.75) is 6.54 Å². The summed E-state index contributed by atoms with van der Waals surface area (Å²) in [7, 11) is 1.65. The largest absolute Gasteiger partial charge is 0.421 e. The molecule has 0 aliphatic heterocycles. The molecule has 1 N–H and O–H groups in total. The molecule has 92 valence electrons. The van der Waals surface area contributed by atoms with Gasteiger partial charge >= 0.3 is 5.76 Å². The number of aromatic nitrogens is 2. The lowest BCUT2D eigenvalue weighted by Crippen LogP contribution is -2.27. The lowest BCUT2D eigenvalue weighted by atomic mass is 10.4. The van der Waals surface area contributed by atoms with Gasteiger partial charge in [-0.1, -0.05) is 0 Å². The van der Waals surface area contributed by atoms with Gasteiger partial charge in [-0.2, -0.15) is 0 Å². The normalized spacial score (nSPS) is 11.1. The van der Waals surface area contributed by atoms with Crippen LogP contribution in [0.4, 0.5) is 0 Å². The van der Waals surface area contributed by atoms with E-state index in [2.05, 4.69) is 10.3 Å². The second-order valence-corrected chi connectivity index (χ2v) is 3.59. The van der Waals surface area contributed by atoms with E-state index in [9.17, 15) is 4.79 Å². The maximum Gasteiger partial charge on any atom is 0.421 e. The molecule has 0 aliphatic carbocycles. The molecule has 0 bridgehead atoms. The van der Waals surface area contributed by atoms with Crippen molar-refractivity contribution in [2.24, 2.45) is 0 Å². The van der Waals surface area contributed by atoms with Crippen molar-refractivity contribution < 1.29 is 9.15 Å². The Labute approximate surface area is 98.2 Å². The van der Waals surface area contributed by atoms with Crippen molar-refractivity contribution in [2.75, 3.05) is 26.8 Å². The summed E-state index contributed by atoms with van der Waals surface area (Å²) in [4.78, 5) is 15.7. The number of nitrogens with zero attached hydrogens (tertiary/aromatic N) is 2. The molecule has 0 spiro atoms. The van der Waals surface area contributed by atoms with Crippen molar-refractivity contribution in [1.82, 2.24) is 14.9 Å². The molecule has 0 radical (unpaired) electrons. The standard InChI is InChI=1S/C11H15N3O3/c1-16-8-6-12-5-7-14-10-9(17-11(14)15)3-2-4-13-10/h2-4,12H,5-8H2,1H3. The molecule has 0 amide bonds. The summed E-state index contributed by atoms with van der Waals surface area (Å²) in [6.45, 7) is 2.62. The summed E-state index contributed by atoms with van der Waals surface area (Å²) in [5.74, 6) is -0.368. The number of hydrogen-bond donors (Lipinski definition) is 1. The molecule has 2 aromatic rings. The molecule has 0 aromatic carbocycles. The number of rotatable bonds is 6. The Morgan fingerprint density at radius 1 is 1.53 bits per heavy atom. The lowest BCUT2D eigenvalue weighted by Gasteiger charge is -2.03. The molecule has 17 heavy (non-hydrogen) atoms. The highest BCUT2D eigenvalue weighted by atomic mass is 16.5. The zero-order valence-electron chi connectivity index (χ0n) is 9.68. The Morgan fingerprint density at radius 2 is 2.41 bits per heavy atom. The Bertz CT molecular complexity index is 532. The van der Waals surface area contributed by atoms with E-state index in [1.54, 1.807) is 25.4 Å². The second-order valence-electron chi connectivity index (χ2n) is 3.59. The molecular formula is C11H15N3O3. The van der Waals surface area contributed by atoms with Crippen LogP contribution in [0.1, 0.15) is 0 Å². The molecule has 0 saturated heterocycles. The molecule has 2 heterocycles. The summed E-state index contributed by atoms with van der Waals surface area (Å²) < 4.78 is 11.5. The number of pyridine rings is 1. The quantitative estimate of drug-likeness (QED) is 0.728. The van der Waals surface area contributed by atoms with Crippen molar-refractivity contribution in [3.05, 3.63) is 28.9 Å². The van der Waals surface area contributed by atoms with Crippen LogP contribution in [-0.4, -0.2) is 36.4 Å². The van der Waals surface area contributed by atoms with E-state index in [0.717, 1.165) is 6.54 Å². The summed E-state index contributed by atoms with van der Waals surface area (Å²) in [5.41, 5.74) is 1.11. The predicted octanol–water partition coefficient (Wildman–Crippen LogP) is 0.225. The van der Waals surface area contributed by atoms with Crippen LogP contribution in [0.25, 0.3) is 11.2 Å². The topological polar surface area (TPSA) is 69.3 Å². The van der Waals surface area contributed by atoms with Gasteiger partial charge in [0.2, 0.25) is 0 Å². The maximum absolute atomic E-state index is 11.6. The van der Waals surface area contributed by atoms with E-state index in [-0.39, 0.29) is 5.76 Å². The number of oxazole rings is 1. The molecule has 0 aliphatic rings. The molecule has 0 atom stereocenters. The van der Waals surface area contributed by atoms with Gasteiger partial charge in [0.05, 0.1) is 6.61 Å². The number of hydrogen-bond acceptors (Lipinski definition) is 5. The van der Waals surface area contributed by atoms with Gasteiger partial charge in [0, 0.05) is 32.9 Å². The minimum Gasteiger partial charge on any atom is -0.406 e. The highest BCUT2D eigenvalue weighted by Gasteiger charge is 2.08. The molecule has 0 saturated carbocycles. The highest BCUT2D eigenvalue weighted by Crippen LogP contribution is 2.07. The molecule has 6 heteroatoms. The molecule has 2 rings (SSSR count). The van der Waals surface area contributed by atoms with Crippen LogP contribution >= 0.6 is 0 Å².